The highest BCUT2D eigenvalue weighted by Crippen LogP contribution is 2.18. The Kier molecular flexibility index (Phi) is 5.32. The minimum atomic E-state index is -0.946. The van der Waals surface area contributed by atoms with E-state index in [4.69, 9.17) is 5.11 Å². The van der Waals surface area contributed by atoms with Crippen LogP contribution in [0.1, 0.15) is 42.6 Å². The first kappa shape index (κ1) is 16.6. The third-order valence-electron chi connectivity index (χ3n) is 4.04. The van der Waals surface area contributed by atoms with Crippen molar-refractivity contribution < 1.29 is 9.90 Å². The van der Waals surface area contributed by atoms with E-state index >= 15 is 0 Å². The highest BCUT2D eigenvalue weighted by Gasteiger charge is 2.13. The summed E-state index contributed by atoms with van der Waals surface area (Å²) in [5, 5.41) is 13.3. The van der Waals surface area contributed by atoms with Crippen LogP contribution in [0, 0.1) is 27.7 Å². The second-order valence-corrected chi connectivity index (χ2v) is 6.82. The van der Waals surface area contributed by atoms with Gasteiger partial charge in [-0.3, -0.25) is 0 Å². The molecule has 1 heterocycles. The van der Waals surface area contributed by atoms with Crippen molar-refractivity contribution in [3.05, 3.63) is 50.0 Å². The first-order valence-corrected chi connectivity index (χ1v) is 8.17. The molecule has 0 bridgehead atoms. The third kappa shape index (κ3) is 3.72. The van der Waals surface area contributed by atoms with Crippen LogP contribution >= 0.6 is 11.3 Å². The Hall–Kier alpha value is -1.72. The minimum absolute atomic E-state index is 0.185. The Balaban J connectivity index is 1.89. The molecule has 0 aliphatic heterocycles. The number of carbonyl (C=O) groups is 1. The SMILES string of the molecule is Cc1ccc(CNCCc2nc(C(=O)O)c(C)s2)c(C)c1C. The normalized spacial score (nSPS) is 10.9. The van der Waals surface area contributed by atoms with Crippen molar-refractivity contribution in [1.82, 2.24) is 10.3 Å². The summed E-state index contributed by atoms with van der Waals surface area (Å²) in [6, 6.07) is 4.32. The standard InChI is InChI=1S/C17H22N2O2S/c1-10-5-6-14(12(3)11(10)2)9-18-8-7-15-19-16(17(20)21)13(4)22-15/h5-6,18H,7-9H2,1-4H3,(H,20,21). The molecule has 22 heavy (non-hydrogen) atoms. The van der Waals surface area contributed by atoms with E-state index in [2.05, 4.69) is 43.2 Å². The number of nitrogens with one attached hydrogen (secondary N) is 1. The van der Waals surface area contributed by atoms with Gasteiger partial charge in [-0.1, -0.05) is 12.1 Å². The van der Waals surface area contributed by atoms with E-state index in [1.165, 1.54) is 33.6 Å². The molecule has 0 saturated carbocycles. The Morgan fingerprint density at radius 2 is 1.95 bits per heavy atom. The van der Waals surface area contributed by atoms with E-state index in [1.807, 2.05) is 0 Å². The quantitative estimate of drug-likeness (QED) is 0.801. The summed E-state index contributed by atoms with van der Waals surface area (Å²) >= 11 is 1.46. The molecule has 0 amide bonds. The average molecular weight is 318 g/mol. The van der Waals surface area contributed by atoms with Crippen molar-refractivity contribution in [2.45, 2.75) is 40.7 Å². The lowest BCUT2D eigenvalue weighted by atomic mass is 9.99. The number of aromatic nitrogens is 1. The fourth-order valence-corrected chi connectivity index (χ4v) is 3.30. The monoisotopic (exact) mass is 318 g/mol. The van der Waals surface area contributed by atoms with Gasteiger partial charge in [-0.2, -0.15) is 0 Å². The number of aromatic carboxylic acids is 1. The van der Waals surface area contributed by atoms with Crippen LogP contribution < -0.4 is 5.32 Å². The Bertz CT molecular complexity index is 692. The smallest absolute Gasteiger partial charge is 0.355 e. The lowest BCUT2D eigenvalue weighted by molar-refractivity contribution is 0.0690. The van der Waals surface area contributed by atoms with Gasteiger partial charge < -0.3 is 10.4 Å². The van der Waals surface area contributed by atoms with Crippen LogP contribution in [0.4, 0.5) is 0 Å². The zero-order valence-corrected chi connectivity index (χ0v) is 14.3. The molecule has 2 aromatic rings. The fraction of sp³-hybridized carbons (Fsp3) is 0.412. The summed E-state index contributed by atoms with van der Waals surface area (Å²) in [6.07, 6.45) is 0.753. The molecule has 0 fully saturated rings. The lowest BCUT2D eigenvalue weighted by Gasteiger charge is -2.11. The average Bonchev–Trinajstić information content (AvgIpc) is 2.84. The lowest BCUT2D eigenvalue weighted by Crippen LogP contribution is -2.17. The van der Waals surface area contributed by atoms with Crippen molar-refractivity contribution in [2.24, 2.45) is 0 Å². The molecule has 4 nitrogen and oxygen atoms in total. The second-order valence-electron chi connectivity index (χ2n) is 5.54. The fourth-order valence-electron chi connectivity index (χ4n) is 2.38. The molecule has 5 heteroatoms. The van der Waals surface area contributed by atoms with Gasteiger partial charge in [0.25, 0.3) is 0 Å². The molecule has 1 aromatic carbocycles. The molecule has 0 radical (unpaired) electrons. The first-order chi connectivity index (χ1) is 10.4. The van der Waals surface area contributed by atoms with Crippen molar-refractivity contribution in [2.75, 3.05) is 6.54 Å². The zero-order valence-electron chi connectivity index (χ0n) is 13.5. The molecule has 2 rings (SSSR count). The summed E-state index contributed by atoms with van der Waals surface area (Å²) in [5.74, 6) is -0.946. The molecular formula is C17H22N2O2S. The summed E-state index contributed by atoms with van der Waals surface area (Å²) < 4.78 is 0. The molecule has 0 aliphatic carbocycles. The van der Waals surface area contributed by atoms with Gasteiger partial charge in [0.1, 0.15) is 0 Å². The second kappa shape index (κ2) is 7.03. The number of carboxylic acid groups (broad SMARTS) is 1. The molecule has 1 aromatic heterocycles. The Labute approximate surface area is 135 Å². The van der Waals surface area contributed by atoms with Gasteiger partial charge in [0, 0.05) is 24.4 Å². The van der Waals surface area contributed by atoms with E-state index in [0.717, 1.165) is 29.4 Å². The third-order valence-corrected chi connectivity index (χ3v) is 5.08. The van der Waals surface area contributed by atoms with E-state index in [-0.39, 0.29) is 5.69 Å². The molecule has 118 valence electrons. The van der Waals surface area contributed by atoms with Crippen LogP contribution in [0.5, 0.6) is 0 Å². The van der Waals surface area contributed by atoms with Crippen LogP contribution in [0.25, 0.3) is 0 Å². The van der Waals surface area contributed by atoms with E-state index in [0.29, 0.717) is 0 Å². The number of hydrogen-bond donors (Lipinski definition) is 2. The van der Waals surface area contributed by atoms with Crippen molar-refractivity contribution in [3.63, 3.8) is 0 Å². The molecule has 2 N–H and O–H groups in total. The highest BCUT2D eigenvalue weighted by atomic mass is 32.1. The van der Waals surface area contributed by atoms with Gasteiger partial charge in [0.15, 0.2) is 5.69 Å². The van der Waals surface area contributed by atoms with E-state index in [1.54, 1.807) is 6.92 Å². The van der Waals surface area contributed by atoms with Crippen LogP contribution in [0.3, 0.4) is 0 Å². The van der Waals surface area contributed by atoms with Crippen molar-refractivity contribution >= 4 is 17.3 Å². The van der Waals surface area contributed by atoms with E-state index in [9.17, 15) is 4.79 Å². The zero-order chi connectivity index (χ0) is 16.3. The number of aryl methyl sites for hydroxylation is 2. The highest BCUT2D eigenvalue weighted by molar-refractivity contribution is 7.11. The molecule has 0 atom stereocenters. The molecule has 0 saturated heterocycles. The maximum Gasteiger partial charge on any atom is 0.355 e. The van der Waals surface area contributed by atoms with Gasteiger partial charge in [-0.25, -0.2) is 9.78 Å². The van der Waals surface area contributed by atoms with Crippen LogP contribution in [-0.4, -0.2) is 22.6 Å². The number of thiazole rings is 1. The Morgan fingerprint density at radius 3 is 2.59 bits per heavy atom. The van der Waals surface area contributed by atoms with Gasteiger partial charge in [-0.15, -0.1) is 11.3 Å². The molecule has 0 spiro atoms. The number of carboxylic acids is 1. The van der Waals surface area contributed by atoms with Gasteiger partial charge >= 0.3 is 5.97 Å². The topological polar surface area (TPSA) is 62.2 Å². The van der Waals surface area contributed by atoms with Crippen LogP contribution in [-0.2, 0) is 13.0 Å². The summed E-state index contributed by atoms with van der Waals surface area (Å²) in [4.78, 5) is 15.9. The molecule has 0 unspecified atom stereocenters. The number of benzene rings is 1. The number of rotatable bonds is 6. The molecule has 0 aliphatic rings. The largest absolute Gasteiger partial charge is 0.476 e. The number of nitrogens with zero attached hydrogens (tertiary/aromatic N) is 1. The van der Waals surface area contributed by atoms with Gasteiger partial charge in [0.2, 0.25) is 0 Å². The van der Waals surface area contributed by atoms with E-state index < -0.39 is 5.97 Å². The van der Waals surface area contributed by atoms with Crippen LogP contribution in [0.15, 0.2) is 12.1 Å². The minimum Gasteiger partial charge on any atom is -0.476 e. The maximum absolute atomic E-state index is 11.0. The Morgan fingerprint density at radius 1 is 1.23 bits per heavy atom. The van der Waals surface area contributed by atoms with Gasteiger partial charge in [0.05, 0.1) is 5.01 Å². The van der Waals surface area contributed by atoms with Crippen molar-refractivity contribution in [1.29, 1.82) is 0 Å². The predicted octanol–water partition coefficient (Wildman–Crippen LogP) is 3.41. The van der Waals surface area contributed by atoms with Crippen molar-refractivity contribution in [3.8, 4) is 0 Å². The van der Waals surface area contributed by atoms with Crippen LogP contribution in [0.2, 0.25) is 0 Å². The van der Waals surface area contributed by atoms with Gasteiger partial charge in [-0.05, 0) is 49.9 Å². The summed E-state index contributed by atoms with van der Waals surface area (Å²) in [7, 11) is 0. The summed E-state index contributed by atoms with van der Waals surface area (Å²) in [5.41, 5.74) is 5.50. The first-order valence-electron chi connectivity index (χ1n) is 7.36. The summed E-state index contributed by atoms with van der Waals surface area (Å²) in [6.45, 7) is 9.85. The maximum atomic E-state index is 11.0. The molecular weight excluding hydrogens is 296 g/mol. The number of hydrogen-bond acceptors (Lipinski definition) is 4. The predicted molar refractivity (Wildman–Crippen MR) is 89.9 cm³/mol.